The van der Waals surface area contributed by atoms with Crippen LogP contribution in [-0.4, -0.2) is 50.7 Å². The van der Waals surface area contributed by atoms with Gasteiger partial charge in [-0.25, -0.2) is 4.79 Å². The molecule has 5 nitrogen and oxygen atoms in total. The number of hydrogen-bond acceptors (Lipinski definition) is 3. The number of amides is 2. The second-order valence-corrected chi connectivity index (χ2v) is 5.82. The number of alkyl halides is 3. The summed E-state index contributed by atoms with van der Waals surface area (Å²) in [6.45, 7) is -0.223. The average molecular weight is 324 g/mol. The molecule has 128 valence electrons. The highest BCUT2D eigenvalue weighted by Crippen LogP contribution is 2.34. The monoisotopic (exact) mass is 324 g/mol. The van der Waals surface area contributed by atoms with E-state index in [0.717, 1.165) is 32.3 Å². The molecule has 0 radical (unpaired) electrons. The lowest BCUT2D eigenvalue weighted by molar-refractivity contribution is -0.173. The summed E-state index contributed by atoms with van der Waals surface area (Å²) in [5.74, 6) is 0.384. The molecule has 2 N–H and O–H groups in total. The maximum absolute atomic E-state index is 11.8. The molecule has 1 saturated heterocycles. The second-order valence-electron chi connectivity index (χ2n) is 5.82. The number of carbonyl (C=O) groups excluding carboxylic acids is 1. The lowest BCUT2D eigenvalue weighted by Crippen LogP contribution is -2.49. The van der Waals surface area contributed by atoms with Gasteiger partial charge in [-0.05, 0) is 32.1 Å². The largest absolute Gasteiger partial charge is 0.411 e. The van der Waals surface area contributed by atoms with Gasteiger partial charge < -0.3 is 20.1 Å². The Bertz CT molecular complexity index is 366. The number of carbonyl (C=O) groups is 1. The first kappa shape index (κ1) is 17.3. The third-order valence-corrected chi connectivity index (χ3v) is 4.11. The first-order valence-corrected chi connectivity index (χ1v) is 7.76. The van der Waals surface area contributed by atoms with Gasteiger partial charge >= 0.3 is 12.2 Å². The van der Waals surface area contributed by atoms with Crippen LogP contribution >= 0.6 is 0 Å². The molecule has 0 aromatic heterocycles. The molecule has 0 aromatic carbocycles. The van der Waals surface area contributed by atoms with Crippen molar-refractivity contribution in [2.24, 2.45) is 5.92 Å². The van der Waals surface area contributed by atoms with E-state index in [2.05, 4.69) is 15.4 Å². The summed E-state index contributed by atoms with van der Waals surface area (Å²) in [7, 11) is 0. The molecule has 0 bridgehead atoms. The van der Waals surface area contributed by atoms with Crippen LogP contribution in [0.15, 0.2) is 0 Å². The van der Waals surface area contributed by atoms with E-state index >= 15 is 0 Å². The van der Waals surface area contributed by atoms with Crippen LogP contribution in [0.25, 0.3) is 0 Å². The van der Waals surface area contributed by atoms with Gasteiger partial charge in [0.25, 0.3) is 0 Å². The quantitative estimate of drug-likeness (QED) is 0.737. The van der Waals surface area contributed by atoms with E-state index in [-0.39, 0.29) is 24.8 Å². The van der Waals surface area contributed by atoms with Gasteiger partial charge in [-0.2, -0.15) is 13.2 Å². The summed E-state index contributed by atoms with van der Waals surface area (Å²) in [5.41, 5.74) is 0. The third-order valence-electron chi connectivity index (χ3n) is 4.11. The van der Waals surface area contributed by atoms with Crippen LogP contribution < -0.4 is 10.6 Å². The lowest BCUT2D eigenvalue weighted by Gasteiger charge is -2.33. The van der Waals surface area contributed by atoms with Crippen molar-refractivity contribution in [3.8, 4) is 0 Å². The van der Waals surface area contributed by atoms with E-state index in [4.69, 9.17) is 4.74 Å². The molecule has 1 aliphatic carbocycles. The number of ether oxygens (including phenoxy) is 2. The Morgan fingerprint density at radius 1 is 1.27 bits per heavy atom. The summed E-state index contributed by atoms with van der Waals surface area (Å²) >= 11 is 0. The minimum atomic E-state index is -4.30. The molecule has 3 unspecified atom stereocenters. The van der Waals surface area contributed by atoms with Crippen molar-refractivity contribution in [1.29, 1.82) is 0 Å². The van der Waals surface area contributed by atoms with Crippen molar-refractivity contribution < 1.29 is 27.4 Å². The summed E-state index contributed by atoms with van der Waals surface area (Å²) in [6, 6.07) is -0.142. The van der Waals surface area contributed by atoms with Crippen LogP contribution in [0.4, 0.5) is 18.0 Å². The van der Waals surface area contributed by atoms with Crippen molar-refractivity contribution in [1.82, 2.24) is 10.6 Å². The summed E-state index contributed by atoms with van der Waals surface area (Å²) in [5, 5.41) is 5.61. The molecule has 1 saturated carbocycles. The Labute approximate surface area is 127 Å². The van der Waals surface area contributed by atoms with Gasteiger partial charge in [-0.3, -0.25) is 0 Å². The van der Waals surface area contributed by atoms with E-state index in [1.165, 1.54) is 0 Å². The first-order chi connectivity index (χ1) is 10.5. The van der Waals surface area contributed by atoms with Crippen LogP contribution in [0.1, 0.15) is 32.1 Å². The van der Waals surface area contributed by atoms with Crippen molar-refractivity contribution >= 4 is 6.03 Å². The molecule has 2 rings (SSSR count). The second kappa shape index (κ2) is 8.01. The van der Waals surface area contributed by atoms with Gasteiger partial charge in [-0.15, -0.1) is 0 Å². The predicted octanol–water partition coefficient (Wildman–Crippen LogP) is 2.21. The van der Waals surface area contributed by atoms with Gasteiger partial charge in [-0.1, -0.05) is 0 Å². The van der Waals surface area contributed by atoms with Crippen LogP contribution in [0.2, 0.25) is 0 Å². The van der Waals surface area contributed by atoms with E-state index in [0.29, 0.717) is 18.9 Å². The SMILES string of the molecule is O=C(NCCCOCC(F)(F)F)NC1CCCC2OCCC12. The van der Waals surface area contributed by atoms with Gasteiger partial charge in [0, 0.05) is 31.7 Å². The van der Waals surface area contributed by atoms with Crippen LogP contribution in [0, 0.1) is 5.92 Å². The van der Waals surface area contributed by atoms with E-state index in [1.807, 2.05) is 0 Å². The van der Waals surface area contributed by atoms with Crippen molar-refractivity contribution in [3.63, 3.8) is 0 Å². The molecule has 22 heavy (non-hydrogen) atoms. The molecule has 2 amide bonds. The predicted molar refractivity (Wildman–Crippen MR) is 73.5 cm³/mol. The fourth-order valence-electron chi connectivity index (χ4n) is 3.14. The maximum atomic E-state index is 11.8. The third kappa shape index (κ3) is 5.64. The Kier molecular flexibility index (Phi) is 6.31. The Morgan fingerprint density at radius 3 is 2.86 bits per heavy atom. The molecule has 1 aliphatic heterocycles. The van der Waals surface area contributed by atoms with Crippen LogP contribution in [0.5, 0.6) is 0 Å². The standard InChI is InChI=1S/C14H23F3N2O3/c15-14(16,17)9-21-7-2-6-18-13(20)19-11-3-1-4-12-10(11)5-8-22-12/h10-12H,1-9H2,(H2,18,19,20). The van der Waals surface area contributed by atoms with E-state index in [9.17, 15) is 18.0 Å². The van der Waals surface area contributed by atoms with Crippen molar-refractivity contribution in [2.75, 3.05) is 26.4 Å². The topological polar surface area (TPSA) is 59.6 Å². The van der Waals surface area contributed by atoms with Crippen molar-refractivity contribution in [3.05, 3.63) is 0 Å². The minimum absolute atomic E-state index is 0.0260. The Morgan fingerprint density at radius 2 is 2.09 bits per heavy atom. The fraction of sp³-hybridized carbons (Fsp3) is 0.929. The zero-order valence-corrected chi connectivity index (χ0v) is 12.5. The molecule has 2 fully saturated rings. The highest BCUT2D eigenvalue weighted by Gasteiger charge is 2.38. The zero-order valence-electron chi connectivity index (χ0n) is 12.5. The molecule has 0 spiro atoms. The van der Waals surface area contributed by atoms with Crippen LogP contribution in [-0.2, 0) is 9.47 Å². The molecule has 0 aromatic rings. The molecule has 3 atom stereocenters. The number of rotatable bonds is 6. The van der Waals surface area contributed by atoms with Crippen LogP contribution in [0.3, 0.4) is 0 Å². The number of fused-ring (bicyclic) bond motifs is 1. The average Bonchev–Trinajstić information content (AvgIpc) is 2.91. The number of urea groups is 1. The lowest BCUT2D eigenvalue weighted by atomic mass is 9.82. The van der Waals surface area contributed by atoms with E-state index in [1.54, 1.807) is 0 Å². The first-order valence-electron chi connectivity index (χ1n) is 7.76. The molecular formula is C14H23F3N2O3. The molecule has 1 heterocycles. The highest BCUT2D eigenvalue weighted by molar-refractivity contribution is 5.74. The Balaban J connectivity index is 1.56. The van der Waals surface area contributed by atoms with E-state index < -0.39 is 12.8 Å². The highest BCUT2D eigenvalue weighted by atomic mass is 19.4. The number of hydrogen-bond donors (Lipinski definition) is 2. The summed E-state index contributed by atoms with van der Waals surface area (Å²) in [4.78, 5) is 11.8. The minimum Gasteiger partial charge on any atom is -0.378 e. The zero-order chi connectivity index (χ0) is 16.0. The van der Waals surface area contributed by atoms with Gasteiger partial charge in [0.2, 0.25) is 0 Å². The van der Waals surface area contributed by atoms with Gasteiger partial charge in [0.15, 0.2) is 0 Å². The maximum Gasteiger partial charge on any atom is 0.411 e. The molecular weight excluding hydrogens is 301 g/mol. The normalized spacial score (nSPS) is 28.2. The molecule has 2 aliphatic rings. The smallest absolute Gasteiger partial charge is 0.378 e. The summed E-state index contributed by atoms with van der Waals surface area (Å²) in [6.07, 6.45) is 0.329. The fourth-order valence-corrected chi connectivity index (χ4v) is 3.14. The number of nitrogens with one attached hydrogen (secondary N) is 2. The van der Waals surface area contributed by atoms with Gasteiger partial charge in [0.05, 0.1) is 6.10 Å². The molecule has 8 heteroatoms. The van der Waals surface area contributed by atoms with Crippen molar-refractivity contribution in [2.45, 2.75) is 50.4 Å². The number of halogens is 3. The Hall–Kier alpha value is -1.02. The van der Waals surface area contributed by atoms with Gasteiger partial charge in [0.1, 0.15) is 6.61 Å². The summed E-state index contributed by atoms with van der Waals surface area (Å²) < 4.78 is 45.7.